The maximum Gasteiger partial charge on any atom is 0.184 e. The molecule has 1 unspecified atom stereocenters. The third kappa shape index (κ3) is 3.02. The SMILES string of the molecule is CCS(=O)(Cc1ccccc1)(NC)C1=NC(C)(c2ccccc2)C(=S)N1. The molecule has 0 aliphatic carbocycles. The summed E-state index contributed by atoms with van der Waals surface area (Å²) in [6.45, 7) is 3.90. The van der Waals surface area contributed by atoms with Gasteiger partial charge in [0, 0.05) is 20.8 Å². The van der Waals surface area contributed by atoms with Crippen LogP contribution in [0.1, 0.15) is 25.0 Å². The van der Waals surface area contributed by atoms with E-state index in [9.17, 15) is 4.21 Å². The Morgan fingerprint density at radius 1 is 1.12 bits per heavy atom. The smallest absolute Gasteiger partial charge is 0.184 e. The van der Waals surface area contributed by atoms with Gasteiger partial charge in [0.2, 0.25) is 0 Å². The van der Waals surface area contributed by atoms with Gasteiger partial charge in [-0.05, 0) is 25.1 Å². The minimum absolute atomic E-state index is 0.379. The Bertz CT molecular complexity index is 901. The molecule has 0 amide bonds. The van der Waals surface area contributed by atoms with Crippen molar-refractivity contribution in [3.05, 3.63) is 71.8 Å². The van der Waals surface area contributed by atoms with Crippen LogP contribution >= 0.6 is 12.2 Å². The van der Waals surface area contributed by atoms with Crippen LogP contribution < -0.4 is 10.0 Å². The van der Waals surface area contributed by atoms with Crippen molar-refractivity contribution in [2.75, 3.05) is 12.8 Å². The van der Waals surface area contributed by atoms with Crippen molar-refractivity contribution in [2.24, 2.45) is 4.99 Å². The monoisotopic (exact) mass is 387 g/mol. The second-order valence-electron chi connectivity index (χ2n) is 6.72. The van der Waals surface area contributed by atoms with Crippen molar-refractivity contribution >= 4 is 31.6 Å². The quantitative estimate of drug-likeness (QED) is 0.774. The van der Waals surface area contributed by atoms with E-state index in [2.05, 4.69) is 10.0 Å². The van der Waals surface area contributed by atoms with Gasteiger partial charge in [-0.15, -0.1) is 0 Å². The highest BCUT2D eigenvalue weighted by atomic mass is 32.3. The summed E-state index contributed by atoms with van der Waals surface area (Å²) in [4.78, 5) is 5.47. The highest BCUT2D eigenvalue weighted by Crippen LogP contribution is 2.37. The van der Waals surface area contributed by atoms with E-state index in [0.717, 1.165) is 11.1 Å². The molecule has 3 rings (SSSR count). The molecular weight excluding hydrogens is 362 g/mol. The van der Waals surface area contributed by atoms with Crippen LogP contribution in [0, 0.1) is 0 Å². The molecule has 2 N–H and O–H groups in total. The Morgan fingerprint density at radius 3 is 2.23 bits per heavy atom. The van der Waals surface area contributed by atoms with Crippen molar-refractivity contribution in [1.29, 1.82) is 0 Å². The minimum Gasteiger partial charge on any atom is -0.325 e. The first-order valence-corrected chi connectivity index (χ1v) is 11.4. The second-order valence-corrected chi connectivity index (χ2v) is 11.4. The fourth-order valence-electron chi connectivity index (χ4n) is 3.23. The first kappa shape index (κ1) is 18.9. The summed E-state index contributed by atoms with van der Waals surface area (Å²) in [6.07, 6.45) is 0. The number of rotatable bonds is 5. The van der Waals surface area contributed by atoms with Gasteiger partial charge in [0.15, 0.2) is 5.17 Å². The molecule has 0 spiro atoms. The molecule has 0 saturated heterocycles. The topological polar surface area (TPSA) is 53.5 Å². The van der Waals surface area contributed by atoms with Crippen LogP contribution in [0.25, 0.3) is 0 Å². The van der Waals surface area contributed by atoms with Crippen molar-refractivity contribution < 1.29 is 4.21 Å². The number of benzene rings is 2. The highest BCUT2D eigenvalue weighted by molar-refractivity contribution is 8.30. The van der Waals surface area contributed by atoms with Crippen molar-refractivity contribution in [2.45, 2.75) is 25.1 Å². The van der Waals surface area contributed by atoms with Crippen molar-refractivity contribution in [1.82, 2.24) is 10.0 Å². The van der Waals surface area contributed by atoms with E-state index in [1.165, 1.54) is 0 Å². The van der Waals surface area contributed by atoms with Crippen LogP contribution in [-0.4, -0.2) is 27.2 Å². The van der Waals surface area contributed by atoms with Crippen LogP contribution in [-0.2, 0) is 20.5 Å². The predicted octanol–water partition coefficient (Wildman–Crippen LogP) is 3.36. The molecule has 0 bridgehead atoms. The molecule has 2 aromatic rings. The van der Waals surface area contributed by atoms with Crippen LogP contribution in [0.2, 0.25) is 0 Å². The molecule has 0 fully saturated rings. The number of hydrogen-bond acceptors (Lipinski definition) is 3. The maximum absolute atomic E-state index is 14.4. The summed E-state index contributed by atoms with van der Waals surface area (Å²) in [6, 6.07) is 19.8. The van der Waals surface area contributed by atoms with E-state index in [1.54, 1.807) is 7.05 Å². The van der Waals surface area contributed by atoms with E-state index in [1.807, 2.05) is 74.5 Å². The zero-order valence-corrected chi connectivity index (χ0v) is 17.0. The maximum atomic E-state index is 14.4. The molecule has 138 valence electrons. The van der Waals surface area contributed by atoms with Crippen molar-refractivity contribution in [3.63, 3.8) is 0 Å². The lowest BCUT2D eigenvalue weighted by atomic mass is 9.93. The molecule has 0 aromatic heterocycles. The fourth-order valence-corrected chi connectivity index (χ4v) is 6.43. The molecule has 1 heterocycles. The standard InChI is InChI=1S/C20H25N3OS2/c1-4-26(24,21-3,15-16-11-7-5-8-12-16)19-22-18(25)20(2,23-19)17-13-9-6-10-14-17/h5-14H,4,15H2,1-3H3,(H,21,24)(H,22,23,25). The molecule has 26 heavy (non-hydrogen) atoms. The fraction of sp³-hybridized carbons (Fsp3) is 0.300. The average molecular weight is 388 g/mol. The number of amidine groups is 1. The van der Waals surface area contributed by atoms with E-state index in [4.69, 9.17) is 17.2 Å². The normalized spacial score (nSPS) is 21.6. The number of aliphatic imine (C=N–C) groups is 1. The van der Waals surface area contributed by atoms with Gasteiger partial charge in [-0.1, -0.05) is 79.8 Å². The summed E-state index contributed by atoms with van der Waals surface area (Å²) in [5, 5.41) is 3.67. The van der Waals surface area contributed by atoms with E-state index < -0.39 is 14.8 Å². The van der Waals surface area contributed by atoms with Gasteiger partial charge in [-0.2, -0.15) is 0 Å². The number of hydrogen-bond donors (Lipinski definition) is 2. The van der Waals surface area contributed by atoms with Crippen LogP contribution in [0.4, 0.5) is 0 Å². The van der Waals surface area contributed by atoms with Crippen LogP contribution in [0.3, 0.4) is 0 Å². The molecule has 6 heteroatoms. The largest absolute Gasteiger partial charge is 0.325 e. The number of nitrogens with zero attached hydrogens (tertiary/aromatic N) is 1. The first-order valence-electron chi connectivity index (χ1n) is 8.69. The lowest BCUT2D eigenvalue weighted by molar-refractivity contribution is 0.654. The molecule has 1 atom stereocenters. The van der Waals surface area contributed by atoms with Crippen LogP contribution in [0.15, 0.2) is 65.7 Å². The summed E-state index contributed by atoms with van der Waals surface area (Å²) in [5.74, 6) is 0.812. The van der Waals surface area contributed by atoms with Crippen molar-refractivity contribution in [3.8, 4) is 0 Å². The molecule has 2 aromatic carbocycles. The van der Waals surface area contributed by atoms with Gasteiger partial charge >= 0.3 is 0 Å². The number of nitrogens with one attached hydrogen (secondary N) is 2. The van der Waals surface area contributed by atoms with E-state index >= 15 is 0 Å². The molecule has 0 radical (unpaired) electrons. The Hall–Kier alpha value is -1.89. The van der Waals surface area contributed by atoms with Gasteiger partial charge in [0.1, 0.15) is 10.5 Å². The first-order chi connectivity index (χ1) is 12.3. The van der Waals surface area contributed by atoms with Gasteiger partial charge in [-0.25, -0.2) is 4.99 Å². The lowest BCUT2D eigenvalue weighted by Crippen LogP contribution is -2.59. The predicted molar refractivity (Wildman–Crippen MR) is 115 cm³/mol. The Labute approximate surface area is 160 Å². The van der Waals surface area contributed by atoms with Gasteiger partial charge < -0.3 is 5.32 Å². The van der Waals surface area contributed by atoms with E-state index in [0.29, 0.717) is 21.7 Å². The minimum atomic E-state index is -3.46. The molecule has 1 aliphatic rings. The third-order valence-corrected chi connectivity index (χ3v) is 9.88. The molecule has 4 nitrogen and oxygen atoms in total. The summed E-state index contributed by atoms with van der Waals surface area (Å²) in [7, 11) is -1.71. The molecule has 0 saturated carbocycles. The van der Waals surface area contributed by atoms with Gasteiger partial charge in [0.25, 0.3) is 0 Å². The zero-order chi connectivity index (χ0) is 18.9. The lowest BCUT2D eigenvalue weighted by Gasteiger charge is -2.41. The number of thiocarbonyl (C=S) groups is 1. The van der Waals surface area contributed by atoms with Crippen LogP contribution in [0.5, 0.6) is 0 Å². The third-order valence-electron chi connectivity index (χ3n) is 5.17. The summed E-state index contributed by atoms with van der Waals surface area (Å²) in [5.41, 5.74) is 1.28. The zero-order valence-electron chi connectivity index (χ0n) is 15.4. The highest BCUT2D eigenvalue weighted by Gasteiger charge is 2.48. The second kappa shape index (κ2) is 6.68. The van der Waals surface area contributed by atoms with Gasteiger partial charge in [-0.3, -0.25) is 8.93 Å². The molecule has 1 aliphatic heterocycles. The average Bonchev–Trinajstić information content (AvgIpc) is 3.00. The van der Waals surface area contributed by atoms with Gasteiger partial charge in [0.05, 0.1) is 0 Å². The summed E-state index contributed by atoms with van der Waals surface area (Å²) >= 11 is 5.62. The Kier molecular flexibility index (Phi) is 4.86. The Balaban J connectivity index is 2.10. The summed E-state index contributed by atoms with van der Waals surface area (Å²) < 4.78 is 17.5. The van der Waals surface area contributed by atoms with E-state index in [-0.39, 0.29) is 0 Å². The molecular formula is C20H25N3OS2. The Morgan fingerprint density at radius 2 is 1.69 bits per heavy atom.